The van der Waals surface area contributed by atoms with Gasteiger partial charge in [-0.2, -0.15) is 5.10 Å². The van der Waals surface area contributed by atoms with Crippen LogP contribution in [0, 0.1) is 17.0 Å². The number of nitrogens with one attached hydrogen (secondary N) is 1. The SMILES string of the molecule is O=C(NC[C@]12CC[C@](n3cc4ccccc4n3)(CC1)CC2)c1cc(F)c(O)c(F)c1. The number of hydrogen-bond donors (Lipinski definition) is 2. The number of fused-ring (bicyclic) bond motifs is 4. The van der Waals surface area contributed by atoms with Crippen LogP contribution in [0.3, 0.4) is 0 Å². The zero-order valence-corrected chi connectivity index (χ0v) is 16.5. The maximum absolute atomic E-state index is 13.5. The molecular formula is C23H23F2N3O2. The van der Waals surface area contributed by atoms with Gasteiger partial charge in [-0.25, -0.2) is 8.78 Å². The van der Waals surface area contributed by atoms with Crippen LogP contribution < -0.4 is 5.32 Å². The average Bonchev–Trinajstić information content (AvgIpc) is 3.22. The fraction of sp³-hybridized carbons (Fsp3) is 0.391. The number of phenols is 1. The molecule has 0 atom stereocenters. The number of carbonyl (C=O) groups excluding carboxylic acids is 1. The summed E-state index contributed by atoms with van der Waals surface area (Å²) in [4.78, 5) is 12.4. The van der Waals surface area contributed by atoms with Crippen molar-refractivity contribution in [3.63, 3.8) is 0 Å². The van der Waals surface area contributed by atoms with Crippen molar-refractivity contribution in [1.29, 1.82) is 0 Å². The molecule has 156 valence electrons. The summed E-state index contributed by atoms with van der Waals surface area (Å²) in [6.45, 7) is 0.479. The van der Waals surface area contributed by atoms with E-state index >= 15 is 0 Å². The first-order valence-electron chi connectivity index (χ1n) is 10.3. The van der Waals surface area contributed by atoms with Gasteiger partial charge in [-0.15, -0.1) is 0 Å². The number of benzene rings is 2. The van der Waals surface area contributed by atoms with Crippen molar-refractivity contribution in [2.45, 2.75) is 44.1 Å². The van der Waals surface area contributed by atoms with Crippen LogP contribution in [0.4, 0.5) is 8.78 Å². The second-order valence-electron chi connectivity index (χ2n) is 8.83. The van der Waals surface area contributed by atoms with E-state index < -0.39 is 23.3 Å². The molecule has 5 nitrogen and oxygen atoms in total. The number of phenolic OH excluding ortho intramolecular Hbond substituents is 1. The molecule has 0 spiro atoms. The minimum Gasteiger partial charge on any atom is -0.503 e. The third-order valence-corrected chi connectivity index (χ3v) is 7.16. The van der Waals surface area contributed by atoms with E-state index in [4.69, 9.17) is 5.10 Å². The molecule has 2 N–H and O–H groups in total. The van der Waals surface area contributed by atoms with Gasteiger partial charge in [0.05, 0.1) is 11.1 Å². The molecule has 2 bridgehead atoms. The van der Waals surface area contributed by atoms with Gasteiger partial charge in [0, 0.05) is 23.7 Å². The third-order valence-electron chi connectivity index (χ3n) is 7.16. The highest BCUT2D eigenvalue weighted by Gasteiger charge is 2.50. The normalized spacial score (nSPS) is 25.5. The predicted molar refractivity (Wildman–Crippen MR) is 108 cm³/mol. The molecule has 3 saturated carbocycles. The molecule has 3 aromatic rings. The van der Waals surface area contributed by atoms with Crippen LogP contribution in [0.25, 0.3) is 10.9 Å². The summed E-state index contributed by atoms with van der Waals surface area (Å²) >= 11 is 0. The van der Waals surface area contributed by atoms with E-state index in [1.807, 2.05) is 18.2 Å². The Bertz CT molecular complexity index is 1060. The lowest BCUT2D eigenvalue weighted by atomic mass is 9.57. The van der Waals surface area contributed by atoms with Crippen LogP contribution in [-0.4, -0.2) is 27.3 Å². The number of aromatic hydroxyl groups is 1. The Morgan fingerprint density at radius 2 is 1.70 bits per heavy atom. The number of halogens is 2. The van der Waals surface area contributed by atoms with E-state index in [1.165, 1.54) is 0 Å². The number of aromatic nitrogens is 2. The lowest BCUT2D eigenvalue weighted by Gasteiger charge is -2.53. The Morgan fingerprint density at radius 1 is 1.07 bits per heavy atom. The minimum absolute atomic E-state index is 0.0119. The summed E-state index contributed by atoms with van der Waals surface area (Å²) in [5, 5.41) is 18.0. The molecule has 0 aliphatic heterocycles. The van der Waals surface area contributed by atoms with Crippen LogP contribution in [0.2, 0.25) is 0 Å². The van der Waals surface area contributed by atoms with E-state index in [9.17, 15) is 18.7 Å². The second-order valence-corrected chi connectivity index (χ2v) is 8.83. The smallest absolute Gasteiger partial charge is 0.251 e. The molecule has 6 rings (SSSR count). The van der Waals surface area contributed by atoms with Crippen LogP contribution >= 0.6 is 0 Å². The van der Waals surface area contributed by atoms with Gasteiger partial charge in [0.15, 0.2) is 17.4 Å². The van der Waals surface area contributed by atoms with E-state index in [0.29, 0.717) is 6.54 Å². The first-order chi connectivity index (χ1) is 14.4. The van der Waals surface area contributed by atoms with Gasteiger partial charge in [0.2, 0.25) is 0 Å². The van der Waals surface area contributed by atoms with Crippen LogP contribution in [0.1, 0.15) is 48.9 Å². The molecule has 0 saturated heterocycles. The lowest BCUT2D eigenvalue weighted by Crippen LogP contribution is -2.51. The van der Waals surface area contributed by atoms with Gasteiger partial charge < -0.3 is 10.4 Å². The average molecular weight is 411 g/mol. The summed E-state index contributed by atoms with van der Waals surface area (Å²) in [5.74, 6) is -3.86. The zero-order valence-electron chi connectivity index (χ0n) is 16.5. The minimum atomic E-state index is -1.13. The molecule has 1 heterocycles. The molecule has 3 fully saturated rings. The topological polar surface area (TPSA) is 67.2 Å². The quantitative estimate of drug-likeness (QED) is 0.664. The molecule has 2 aromatic carbocycles. The molecule has 0 unspecified atom stereocenters. The first kappa shape index (κ1) is 19.0. The van der Waals surface area contributed by atoms with Gasteiger partial charge in [0.25, 0.3) is 5.91 Å². The van der Waals surface area contributed by atoms with Crippen LogP contribution in [-0.2, 0) is 5.54 Å². The molecule has 1 amide bonds. The largest absolute Gasteiger partial charge is 0.503 e. The Morgan fingerprint density at radius 3 is 2.33 bits per heavy atom. The maximum atomic E-state index is 13.5. The fourth-order valence-electron chi connectivity index (χ4n) is 5.13. The van der Waals surface area contributed by atoms with Crippen LogP contribution in [0.5, 0.6) is 5.75 Å². The third kappa shape index (κ3) is 3.04. The Labute approximate surface area is 172 Å². The zero-order chi connectivity index (χ0) is 20.9. The highest BCUT2D eigenvalue weighted by atomic mass is 19.1. The van der Waals surface area contributed by atoms with Gasteiger partial charge in [-0.05, 0) is 62.1 Å². The van der Waals surface area contributed by atoms with Crippen molar-refractivity contribution in [1.82, 2.24) is 15.1 Å². The summed E-state index contributed by atoms with van der Waals surface area (Å²) in [5.41, 5.74) is 0.935. The molecule has 3 aliphatic carbocycles. The van der Waals surface area contributed by atoms with Crippen molar-refractivity contribution in [3.8, 4) is 5.75 Å². The number of nitrogens with zero attached hydrogens (tertiary/aromatic N) is 2. The van der Waals surface area contributed by atoms with Gasteiger partial charge in [-0.3, -0.25) is 9.48 Å². The number of rotatable bonds is 4. The monoisotopic (exact) mass is 411 g/mol. The first-order valence-corrected chi connectivity index (χ1v) is 10.3. The highest BCUT2D eigenvalue weighted by Crippen LogP contribution is 2.55. The van der Waals surface area contributed by atoms with Gasteiger partial charge in [0.1, 0.15) is 0 Å². The standard InChI is InChI=1S/C23H23F2N3O2/c24-17-11-16(12-18(25)20(17)29)21(30)26-14-22-5-8-23(9-6-22,10-7-22)28-13-15-3-1-2-4-19(15)27-28/h1-4,11-13,29H,5-10,14H2,(H,26,30)/t22-,23+. The molecular weight excluding hydrogens is 388 g/mol. The Hall–Kier alpha value is -2.96. The summed E-state index contributed by atoms with van der Waals surface area (Å²) in [7, 11) is 0. The second kappa shape index (κ2) is 6.79. The predicted octanol–water partition coefficient (Wildman–Crippen LogP) is 4.50. The highest BCUT2D eigenvalue weighted by molar-refractivity contribution is 5.94. The van der Waals surface area contributed by atoms with E-state index in [-0.39, 0.29) is 16.5 Å². The van der Waals surface area contributed by atoms with Gasteiger partial charge >= 0.3 is 0 Å². The number of amides is 1. The number of carbonyl (C=O) groups is 1. The van der Waals surface area contributed by atoms with Crippen molar-refractivity contribution >= 4 is 16.8 Å². The Kier molecular flexibility index (Phi) is 4.31. The van der Waals surface area contributed by atoms with Crippen LogP contribution in [0.15, 0.2) is 42.6 Å². The van der Waals surface area contributed by atoms with Crippen molar-refractivity contribution in [2.24, 2.45) is 5.41 Å². The lowest BCUT2D eigenvalue weighted by molar-refractivity contribution is -0.00562. The molecule has 0 radical (unpaired) electrons. The van der Waals surface area contributed by atoms with Crippen molar-refractivity contribution < 1.29 is 18.7 Å². The Balaban J connectivity index is 1.27. The van der Waals surface area contributed by atoms with Crippen molar-refractivity contribution in [2.75, 3.05) is 6.54 Å². The van der Waals surface area contributed by atoms with E-state index in [0.717, 1.165) is 61.6 Å². The fourth-order valence-corrected chi connectivity index (χ4v) is 5.13. The molecule has 30 heavy (non-hydrogen) atoms. The maximum Gasteiger partial charge on any atom is 0.251 e. The van der Waals surface area contributed by atoms with E-state index in [2.05, 4.69) is 22.3 Å². The molecule has 1 aromatic heterocycles. The van der Waals surface area contributed by atoms with Crippen molar-refractivity contribution in [3.05, 3.63) is 59.8 Å². The van der Waals surface area contributed by atoms with Gasteiger partial charge in [-0.1, -0.05) is 18.2 Å². The van der Waals surface area contributed by atoms with E-state index in [1.54, 1.807) is 0 Å². The molecule has 7 heteroatoms. The molecule has 3 aliphatic rings. The summed E-state index contributed by atoms with van der Waals surface area (Å²) < 4.78 is 29.2. The summed E-state index contributed by atoms with van der Waals surface area (Å²) in [6, 6.07) is 9.85. The summed E-state index contributed by atoms with van der Waals surface area (Å²) in [6.07, 6.45) is 8.06. The number of hydrogen-bond acceptors (Lipinski definition) is 3.